The Balaban J connectivity index is 1.40. The molecule has 10 heteroatoms. The summed E-state index contributed by atoms with van der Waals surface area (Å²) in [4.78, 5) is 12.8. The molecule has 2 aromatic heterocycles. The molecule has 0 aliphatic carbocycles. The number of aryl methyl sites for hydroxylation is 2. The summed E-state index contributed by atoms with van der Waals surface area (Å²) in [6.45, 7) is 3.12. The third-order valence-corrected chi connectivity index (χ3v) is 7.00. The van der Waals surface area contributed by atoms with Crippen molar-refractivity contribution in [1.29, 1.82) is 0 Å². The molecule has 0 saturated carbocycles. The maximum absolute atomic E-state index is 12.8. The van der Waals surface area contributed by atoms with E-state index in [-0.39, 0.29) is 17.3 Å². The zero-order valence-electron chi connectivity index (χ0n) is 18.0. The highest BCUT2D eigenvalue weighted by Gasteiger charge is 2.19. The molecule has 0 unspecified atom stereocenters. The zero-order valence-corrected chi connectivity index (χ0v) is 18.8. The molecular weight excluding hydrogens is 430 g/mol. The average Bonchev–Trinajstić information content (AvgIpc) is 3.37. The summed E-state index contributed by atoms with van der Waals surface area (Å²) in [5.74, 6) is 2.07. The monoisotopic (exact) mass is 457 g/mol. The van der Waals surface area contributed by atoms with Gasteiger partial charge in [0.2, 0.25) is 10.0 Å². The second-order valence-corrected chi connectivity index (χ2v) is 9.65. The van der Waals surface area contributed by atoms with Gasteiger partial charge in [-0.1, -0.05) is 12.5 Å². The molecule has 4 rings (SSSR count). The molecule has 1 aliphatic rings. The van der Waals surface area contributed by atoms with Crippen LogP contribution >= 0.6 is 0 Å². The van der Waals surface area contributed by atoms with Gasteiger partial charge >= 0.3 is 0 Å². The maximum Gasteiger partial charge on any atom is 0.251 e. The molecule has 32 heavy (non-hydrogen) atoms. The standard InChI is InChI=1S/C22H27N5O4S/c1-16-8-9-18(32(29,30)24-15-17-6-5-13-31-17)14-19(16)22(28)23-11-10-21-26-25-20-7-3-2-4-12-27(20)21/h5-6,8-9,13-14,24H,2-4,7,10-12,15H2,1H3,(H,23,28). The predicted octanol–water partition coefficient (Wildman–Crippen LogP) is 2.36. The molecule has 0 spiro atoms. The molecule has 2 N–H and O–H groups in total. The lowest BCUT2D eigenvalue weighted by Gasteiger charge is -2.11. The molecule has 0 fully saturated rings. The van der Waals surface area contributed by atoms with Crippen LogP contribution in [-0.2, 0) is 36.0 Å². The summed E-state index contributed by atoms with van der Waals surface area (Å²) in [7, 11) is -3.79. The first-order valence-corrected chi connectivity index (χ1v) is 12.2. The number of furan rings is 1. The fourth-order valence-corrected chi connectivity index (χ4v) is 4.81. The van der Waals surface area contributed by atoms with Crippen LogP contribution in [0.5, 0.6) is 0 Å². The summed E-state index contributed by atoms with van der Waals surface area (Å²) in [6, 6.07) is 7.90. The van der Waals surface area contributed by atoms with Crippen molar-refractivity contribution in [3.05, 3.63) is 65.1 Å². The number of nitrogens with one attached hydrogen (secondary N) is 2. The van der Waals surface area contributed by atoms with Crippen molar-refractivity contribution >= 4 is 15.9 Å². The van der Waals surface area contributed by atoms with Crippen LogP contribution in [0.15, 0.2) is 45.9 Å². The summed E-state index contributed by atoms with van der Waals surface area (Å²) in [5, 5.41) is 11.4. The topological polar surface area (TPSA) is 119 Å². The third kappa shape index (κ3) is 5.08. The summed E-state index contributed by atoms with van der Waals surface area (Å²) in [5.41, 5.74) is 1.02. The van der Waals surface area contributed by atoms with Crippen LogP contribution in [-0.4, -0.2) is 35.6 Å². The number of nitrogens with zero attached hydrogens (tertiary/aromatic N) is 3. The zero-order chi connectivity index (χ0) is 22.6. The van der Waals surface area contributed by atoms with Gasteiger partial charge in [0.1, 0.15) is 17.4 Å². The van der Waals surface area contributed by atoms with Gasteiger partial charge in [-0.2, -0.15) is 0 Å². The third-order valence-electron chi connectivity index (χ3n) is 5.60. The number of rotatable bonds is 8. The van der Waals surface area contributed by atoms with Gasteiger partial charge in [-0.05, 0) is 49.6 Å². The van der Waals surface area contributed by atoms with Crippen LogP contribution < -0.4 is 10.0 Å². The number of hydrogen-bond acceptors (Lipinski definition) is 6. The van der Waals surface area contributed by atoms with Crippen molar-refractivity contribution in [2.45, 2.75) is 57.0 Å². The lowest BCUT2D eigenvalue weighted by molar-refractivity contribution is 0.0953. The van der Waals surface area contributed by atoms with Crippen LogP contribution in [0.1, 0.15) is 52.6 Å². The van der Waals surface area contributed by atoms with Crippen molar-refractivity contribution in [3.8, 4) is 0 Å². The van der Waals surface area contributed by atoms with Gasteiger partial charge in [0.25, 0.3) is 5.91 Å². The van der Waals surface area contributed by atoms with E-state index in [1.54, 1.807) is 25.1 Å². The number of benzene rings is 1. The molecular formula is C22H27N5O4S. The van der Waals surface area contributed by atoms with Crippen LogP contribution in [0.4, 0.5) is 0 Å². The van der Waals surface area contributed by atoms with Crippen LogP contribution in [0.2, 0.25) is 0 Å². The summed E-state index contributed by atoms with van der Waals surface area (Å²) in [6.07, 6.45) is 6.42. The van der Waals surface area contributed by atoms with E-state index in [2.05, 4.69) is 24.8 Å². The fraction of sp³-hybridized carbons (Fsp3) is 0.409. The quantitative estimate of drug-likeness (QED) is 0.536. The smallest absolute Gasteiger partial charge is 0.251 e. The molecule has 1 aromatic carbocycles. The molecule has 3 aromatic rings. The molecule has 0 atom stereocenters. The van der Waals surface area contributed by atoms with Gasteiger partial charge in [-0.3, -0.25) is 4.79 Å². The first-order chi connectivity index (χ1) is 15.4. The number of aromatic nitrogens is 3. The van der Waals surface area contributed by atoms with Crippen molar-refractivity contribution in [2.24, 2.45) is 0 Å². The average molecular weight is 458 g/mol. The van der Waals surface area contributed by atoms with Gasteiger partial charge in [-0.25, -0.2) is 13.1 Å². The minimum atomic E-state index is -3.79. The SMILES string of the molecule is Cc1ccc(S(=O)(=O)NCc2ccco2)cc1C(=O)NCCc1nnc2n1CCCCC2. The molecule has 170 valence electrons. The highest BCUT2D eigenvalue weighted by atomic mass is 32.2. The highest BCUT2D eigenvalue weighted by molar-refractivity contribution is 7.89. The first-order valence-electron chi connectivity index (χ1n) is 10.8. The van der Waals surface area contributed by atoms with Crippen LogP contribution in [0, 0.1) is 6.92 Å². The second kappa shape index (κ2) is 9.66. The number of carbonyl (C=O) groups is 1. The van der Waals surface area contributed by atoms with E-state index >= 15 is 0 Å². The van der Waals surface area contributed by atoms with E-state index in [4.69, 9.17) is 4.42 Å². The Kier molecular flexibility index (Phi) is 6.71. The van der Waals surface area contributed by atoms with Gasteiger partial charge in [0.05, 0.1) is 17.7 Å². The second-order valence-electron chi connectivity index (χ2n) is 7.88. The Bertz CT molecular complexity index is 1190. The number of sulfonamides is 1. The molecule has 0 radical (unpaired) electrons. The molecule has 1 aliphatic heterocycles. The maximum atomic E-state index is 12.8. The molecule has 3 heterocycles. The lowest BCUT2D eigenvalue weighted by Crippen LogP contribution is -2.28. The minimum Gasteiger partial charge on any atom is -0.468 e. The van der Waals surface area contributed by atoms with Crippen LogP contribution in [0.3, 0.4) is 0 Å². The Hall–Kier alpha value is -2.98. The Labute approximate surface area is 187 Å². The van der Waals surface area contributed by atoms with E-state index in [0.29, 0.717) is 29.9 Å². The minimum absolute atomic E-state index is 0.0302. The highest BCUT2D eigenvalue weighted by Crippen LogP contribution is 2.17. The molecule has 0 bridgehead atoms. The van der Waals surface area contributed by atoms with E-state index in [9.17, 15) is 13.2 Å². The fourth-order valence-electron chi connectivity index (χ4n) is 3.79. The first kappa shape index (κ1) is 22.2. The molecule has 9 nitrogen and oxygen atoms in total. The molecule has 1 amide bonds. The Morgan fingerprint density at radius 3 is 2.88 bits per heavy atom. The van der Waals surface area contributed by atoms with Crippen molar-refractivity contribution in [2.75, 3.05) is 6.54 Å². The van der Waals surface area contributed by atoms with Gasteiger partial charge in [0.15, 0.2) is 0 Å². The van der Waals surface area contributed by atoms with Crippen molar-refractivity contribution in [3.63, 3.8) is 0 Å². The van der Waals surface area contributed by atoms with Gasteiger partial charge in [0, 0.05) is 31.5 Å². The van der Waals surface area contributed by atoms with E-state index in [1.807, 2.05) is 0 Å². The molecule has 0 saturated heterocycles. The number of fused-ring (bicyclic) bond motifs is 1. The number of hydrogen-bond donors (Lipinski definition) is 2. The normalized spacial score (nSPS) is 14.0. The number of amides is 1. The van der Waals surface area contributed by atoms with Crippen molar-refractivity contribution < 1.29 is 17.6 Å². The largest absolute Gasteiger partial charge is 0.468 e. The predicted molar refractivity (Wildman–Crippen MR) is 118 cm³/mol. The van der Waals surface area contributed by atoms with Crippen molar-refractivity contribution in [1.82, 2.24) is 24.8 Å². The lowest BCUT2D eigenvalue weighted by atomic mass is 10.1. The number of carbonyl (C=O) groups excluding carboxylic acids is 1. The van der Waals surface area contributed by atoms with E-state index < -0.39 is 10.0 Å². The summed E-state index contributed by atoms with van der Waals surface area (Å²) < 4.78 is 35.1. The Morgan fingerprint density at radius 1 is 1.19 bits per heavy atom. The van der Waals surface area contributed by atoms with Gasteiger partial charge in [-0.15, -0.1) is 10.2 Å². The van der Waals surface area contributed by atoms with Crippen LogP contribution in [0.25, 0.3) is 0 Å². The van der Waals surface area contributed by atoms with Gasteiger partial charge < -0.3 is 14.3 Å². The summed E-state index contributed by atoms with van der Waals surface area (Å²) >= 11 is 0. The Morgan fingerprint density at radius 2 is 2.06 bits per heavy atom. The van der Waals surface area contributed by atoms with E-state index in [1.165, 1.54) is 24.8 Å². The van der Waals surface area contributed by atoms with E-state index in [0.717, 1.165) is 37.5 Å².